The number of allylic oxidation sites excluding steroid dienone is 3. The summed E-state index contributed by atoms with van der Waals surface area (Å²) in [6, 6.07) is 15.2. The first-order valence-corrected chi connectivity index (χ1v) is 11.1. The van der Waals surface area contributed by atoms with Crippen LogP contribution in [-0.2, 0) is 6.54 Å². The summed E-state index contributed by atoms with van der Waals surface area (Å²) in [7, 11) is 0. The summed E-state index contributed by atoms with van der Waals surface area (Å²) in [6.45, 7) is 8.99. The highest BCUT2D eigenvalue weighted by Crippen LogP contribution is 2.28. The van der Waals surface area contributed by atoms with Crippen LogP contribution in [0.3, 0.4) is 0 Å². The van der Waals surface area contributed by atoms with E-state index in [1.54, 1.807) is 0 Å². The Labute approximate surface area is 190 Å². The van der Waals surface area contributed by atoms with Gasteiger partial charge in [-0.2, -0.15) is 0 Å². The van der Waals surface area contributed by atoms with Gasteiger partial charge >= 0.3 is 0 Å². The molecule has 4 heteroatoms. The van der Waals surface area contributed by atoms with Crippen molar-refractivity contribution in [2.24, 2.45) is 0 Å². The van der Waals surface area contributed by atoms with Gasteiger partial charge in [-0.25, -0.2) is 0 Å². The molecule has 4 nitrogen and oxygen atoms in total. The highest BCUT2D eigenvalue weighted by Gasteiger charge is 2.18. The van der Waals surface area contributed by atoms with Crippen molar-refractivity contribution >= 4 is 5.70 Å². The van der Waals surface area contributed by atoms with E-state index in [0.29, 0.717) is 0 Å². The molecule has 0 saturated carbocycles. The number of dihydropyridines is 1. The van der Waals surface area contributed by atoms with Crippen LogP contribution in [0.5, 0.6) is 0 Å². The second-order valence-electron chi connectivity index (χ2n) is 8.71. The van der Waals surface area contributed by atoms with Crippen LogP contribution in [0.1, 0.15) is 28.1 Å². The number of pyridine rings is 2. The van der Waals surface area contributed by atoms with Crippen LogP contribution < -0.4 is 5.32 Å². The highest BCUT2D eigenvalue weighted by atomic mass is 15.1. The molecule has 4 heterocycles. The van der Waals surface area contributed by atoms with Crippen LogP contribution in [-0.4, -0.2) is 28.0 Å². The van der Waals surface area contributed by atoms with Crippen molar-refractivity contribution in [3.8, 4) is 11.1 Å². The molecule has 2 aliphatic heterocycles. The molecule has 5 rings (SSSR count). The Morgan fingerprint density at radius 1 is 0.906 bits per heavy atom. The fourth-order valence-corrected chi connectivity index (χ4v) is 4.51. The van der Waals surface area contributed by atoms with Gasteiger partial charge in [0.1, 0.15) is 0 Å². The number of hydrogen-bond acceptors (Lipinski definition) is 4. The maximum atomic E-state index is 4.32. The molecule has 1 N–H and O–H groups in total. The maximum Gasteiger partial charge on any atom is 0.0427 e. The Bertz CT molecular complexity index is 1270. The molecule has 0 atom stereocenters. The van der Waals surface area contributed by atoms with E-state index in [4.69, 9.17) is 0 Å². The van der Waals surface area contributed by atoms with E-state index in [1.807, 2.05) is 26.2 Å². The summed E-state index contributed by atoms with van der Waals surface area (Å²) in [5, 5.41) is 3.60. The molecule has 3 aromatic rings. The summed E-state index contributed by atoms with van der Waals surface area (Å²) >= 11 is 0. The van der Waals surface area contributed by atoms with E-state index < -0.39 is 0 Å². The molecule has 0 fully saturated rings. The highest BCUT2D eigenvalue weighted by molar-refractivity contribution is 5.71. The summed E-state index contributed by atoms with van der Waals surface area (Å²) in [4.78, 5) is 11.0. The van der Waals surface area contributed by atoms with E-state index in [2.05, 4.69) is 87.9 Å². The zero-order valence-electron chi connectivity index (χ0n) is 18.9. The smallest absolute Gasteiger partial charge is 0.0427 e. The number of benzene rings is 1. The molecule has 0 radical (unpaired) electrons. The van der Waals surface area contributed by atoms with Crippen LogP contribution in [0.25, 0.3) is 16.8 Å². The molecule has 1 aromatic carbocycles. The number of hydrogen-bond donors (Lipinski definition) is 1. The fraction of sp³-hybridized carbons (Fsp3) is 0.214. The average Bonchev–Trinajstić information content (AvgIpc) is 2.79. The minimum absolute atomic E-state index is 0.878. The maximum absolute atomic E-state index is 4.32. The standard InChI is InChI=1S/C28H28N4/c1-19-12-22(4-5-27(19)24-6-9-29-20(2)13-24)17-32-11-8-23-15-28(31-16-26(23)18-32)25-7-10-30-21(3)14-25/h4-15,31H,16-18H2,1-3H3. The zero-order chi connectivity index (χ0) is 22.1. The monoisotopic (exact) mass is 420 g/mol. The second-order valence-corrected chi connectivity index (χ2v) is 8.71. The van der Waals surface area contributed by atoms with Crippen molar-refractivity contribution in [2.75, 3.05) is 13.1 Å². The van der Waals surface area contributed by atoms with Crippen LogP contribution in [0.2, 0.25) is 0 Å². The summed E-state index contributed by atoms with van der Waals surface area (Å²) < 4.78 is 0. The lowest BCUT2D eigenvalue weighted by molar-refractivity contribution is 0.390. The molecule has 2 aliphatic rings. The Morgan fingerprint density at radius 3 is 2.41 bits per heavy atom. The van der Waals surface area contributed by atoms with E-state index in [-0.39, 0.29) is 0 Å². The summed E-state index contributed by atoms with van der Waals surface area (Å²) in [5.74, 6) is 0. The first kappa shape index (κ1) is 20.3. The minimum atomic E-state index is 0.878. The predicted octanol–water partition coefficient (Wildman–Crippen LogP) is 5.34. The molecule has 0 unspecified atom stereocenters. The van der Waals surface area contributed by atoms with E-state index >= 15 is 0 Å². The molecule has 160 valence electrons. The first-order chi connectivity index (χ1) is 15.5. The molecule has 0 saturated heterocycles. The van der Waals surface area contributed by atoms with Crippen molar-refractivity contribution in [3.63, 3.8) is 0 Å². The quantitative estimate of drug-likeness (QED) is 0.619. The van der Waals surface area contributed by atoms with Crippen LogP contribution in [0.4, 0.5) is 0 Å². The van der Waals surface area contributed by atoms with Crippen molar-refractivity contribution < 1.29 is 0 Å². The van der Waals surface area contributed by atoms with Crippen molar-refractivity contribution in [2.45, 2.75) is 27.3 Å². The first-order valence-electron chi connectivity index (χ1n) is 11.1. The second kappa shape index (κ2) is 8.46. The van der Waals surface area contributed by atoms with Gasteiger partial charge in [0, 0.05) is 60.9 Å². The topological polar surface area (TPSA) is 41.0 Å². The van der Waals surface area contributed by atoms with Crippen molar-refractivity contribution in [1.29, 1.82) is 0 Å². The van der Waals surface area contributed by atoms with E-state index in [1.165, 1.54) is 44.7 Å². The van der Waals surface area contributed by atoms with Gasteiger partial charge in [-0.1, -0.05) is 18.2 Å². The molecule has 2 aromatic heterocycles. The van der Waals surface area contributed by atoms with Gasteiger partial charge in [0.05, 0.1) is 0 Å². The van der Waals surface area contributed by atoms with E-state index in [9.17, 15) is 0 Å². The lowest BCUT2D eigenvalue weighted by atomic mass is 9.96. The van der Waals surface area contributed by atoms with Gasteiger partial charge in [-0.15, -0.1) is 0 Å². The molecule has 0 spiro atoms. The third-order valence-corrected chi connectivity index (χ3v) is 6.15. The summed E-state index contributed by atoms with van der Waals surface area (Å²) in [6.07, 6.45) is 10.5. The predicted molar refractivity (Wildman–Crippen MR) is 131 cm³/mol. The number of aryl methyl sites for hydroxylation is 3. The van der Waals surface area contributed by atoms with E-state index in [0.717, 1.165) is 31.0 Å². The fourth-order valence-electron chi connectivity index (χ4n) is 4.51. The van der Waals surface area contributed by atoms with Gasteiger partial charge in [0.15, 0.2) is 0 Å². The Hall–Kier alpha value is -3.66. The lowest BCUT2D eigenvalue weighted by Crippen LogP contribution is -2.30. The number of nitrogens with one attached hydrogen (secondary N) is 1. The number of aromatic nitrogens is 2. The van der Waals surface area contributed by atoms with Gasteiger partial charge < -0.3 is 10.2 Å². The molecule has 32 heavy (non-hydrogen) atoms. The molecular formula is C28H28N4. The van der Waals surface area contributed by atoms with Gasteiger partial charge in [-0.3, -0.25) is 9.97 Å². The molecule has 0 bridgehead atoms. The van der Waals surface area contributed by atoms with Crippen LogP contribution in [0, 0.1) is 20.8 Å². The number of rotatable bonds is 4. The Morgan fingerprint density at radius 2 is 1.66 bits per heavy atom. The largest absolute Gasteiger partial charge is 0.381 e. The van der Waals surface area contributed by atoms with Gasteiger partial charge in [-0.05, 0) is 90.6 Å². The molecule has 0 aliphatic carbocycles. The molecular weight excluding hydrogens is 392 g/mol. The number of nitrogens with zero attached hydrogens (tertiary/aromatic N) is 3. The lowest BCUT2D eigenvalue weighted by Gasteiger charge is -2.30. The van der Waals surface area contributed by atoms with Gasteiger partial charge in [0.2, 0.25) is 0 Å². The minimum Gasteiger partial charge on any atom is -0.381 e. The van der Waals surface area contributed by atoms with Crippen LogP contribution >= 0.6 is 0 Å². The van der Waals surface area contributed by atoms with Crippen LogP contribution in [0.15, 0.2) is 84.4 Å². The Kier molecular flexibility index (Phi) is 5.36. The summed E-state index contributed by atoms with van der Waals surface area (Å²) in [5.41, 5.74) is 12.3. The Balaban J connectivity index is 1.30. The third kappa shape index (κ3) is 4.22. The average molecular weight is 421 g/mol. The normalized spacial score (nSPS) is 15.3. The van der Waals surface area contributed by atoms with Gasteiger partial charge in [0.25, 0.3) is 0 Å². The third-order valence-electron chi connectivity index (χ3n) is 6.15. The van der Waals surface area contributed by atoms with Crippen molar-refractivity contribution in [3.05, 3.63) is 112 Å². The van der Waals surface area contributed by atoms with Crippen molar-refractivity contribution in [1.82, 2.24) is 20.2 Å². The zero-order valence-corrected chi connectivity index (χ0v) is 18.9. The SMILES string of the molecule is Cc1cc(C2=CC3=C(CN2)CN(Cc2ccc(-c4ccnc(C)c4)c(C)c2)C=C3)ccn1. The molecule has 0 amide bonds.